The molecule has 88 valence electrons. The Hall–Kier alpha value is -0.120. The number of hydrogen-bond donors (Lipinski definition) is 2. The third kappa shape index (κ3) is 2.92. The molecule has 1 aliphatic carbocycles. The van der Waals surface area contributed by atoms with E-state index in [0.29, 0.717) is 18.6 Å². The molecule has 0 amide bonds. The SMILES string of the molecule is OCC1CCCN(C2CCCC(O)C2)C1. The molecule has 0 spiro atoms. The molecule has 1 aliphatic heterocycles. The van der Waals surface area contributed by atoms with Crippen LogP contribution in [0.1, 0.15) is 38.5 Å². The molecule has 1 heterocycles. The second-order valence-corrected chi connectivity index (χ2v) is 5.16. The van der Waals surface area contributed by atoms with Crippen LogP contribution in [0, 0.1) is 5.92 Å². The van der Waals surface area contributed by atoms with Crippen molar-refractivity contribution in [3.63, 3.8) is 0 Å². The van der Waals surface area contributed by atoms with Crippen molar-refractivity contribution in [3.05, 3.63) is 0 Å². The van der Waals surface area contributed by atoms with E-state index in [1.807, 2.05) is 0 Å². The number of piperidine rings is 1. The summed E-state index contributed by atoms with van der Waals surface area (Å²) in [6.45, 7) is 2.52. The quantitative estimate of drug-likeness (QED) is 0.719. The van der Waals surface area contributed by atoms with Crippen LogP contribution in [-0.2, 0) is 0 Å². The standard InChI is InChI=1S/C12H23NO2/c14-9-10-3-2-6-13(8-10)11-4-1-5-12(15)7-11/h10-12,14-15H,1-9H2. The first-order valence-electron chi connectivity index (χ1n) is 6.32. The maximum absolute atomic E-state index is 9.66. The van der Waals surface area contributed by atoms with Crippen LogP contribution < -0.4 is 0 Å². The predicted octanol–water partition coefficient (Wildman–Crippen LogP) is 0.994. The van der Waals surface area contributed by atoms with Gasteiger partial charge in [-0.1, -0.05) is 0 Å². The van der Waals surface area contributed by atoms with Crippen molar-refractivity contribution in [2.75, 3.05) is 19.7 Å². The zero-order valence-electron chi connectivity index (χ0n) is 9.44. The van der Waals surface area contributed by atoms with E-state index in [9.17, 15) is 10.2 Å². The van der Waals surface area contributed by atoms with Crippen LogP contribution >= 0.6 is 0 Å². The zero-order chi connectivity index (χ0) is 10.7. The highest BCUT2D eigenvalue weighted by atomic mass is 16.3. The topological polar surface area (TPSA) is 43.7 Å². The highest BCUT2D eigenvalue weighted by Crippen LogP contribution is 2.27. The van der Waals surface area contributed by atoms with E-state index >= 15 is 0 Å². The lowest BCUT2D eigenvalue weighted by atomic mass is 9.89. The Balaban J connectivity index is 1.86. The summed E-state index contributed by atoms with van der Waals surface area (Å²) in [5, 5.41) is 18.8. The maximum atomic E-state index is 9.66. The molecule has 0 radical (unpaired) electrons. The fourth-order valence-electron chi connectivity index (χ4n) is 3.05. The van der Waals surface area contributed by atoms with Gasteiger partial charge in [-0.05, 0) is 51.0 Å². The van der Waals surface area contributed by atoms with Gasteiger partial charge in [-0.3, -0.25) is 4.90 Å². The molecule has 2 fully saturated rings. The molecular weight excluding hydrogens is 190 g/mol. The van der Waals surface area contributed by atoms with Crippen LogP contribution in [0.2, 0.25) is 0 Å². The summed E-state index contributed by atoms with van der Waals surface area (Å²) in [4.78, 5) is 2.49. The lowest BCUT2D eigenvalue weighted by Gasteiger charge is -2.40. The zero-order valence-corrected chi connectivity index (χ0v) is 9.44. The summed E-state index contributed by atoms with van der Waals surface area (Å²) in [6.07, 6.45) is 6.60. The third-order valence-electron chi connectivity index (χ3n) is 3.94. The van der Waals surface area contributed by atoms with Gasteiger partial charge >= 0.3 is 0 Å². The van der Waals surface area contributed by atoms with E-state index in [1.54, 1.807) is 0 Å². The molecule has 15 heavy (non-hydrogen) atoms. The van der Waals surface area contributed by atoms with Crippen LogP contribution in [0.25, 0.3) is 0 Å². The average Bonchev–Trinajstić information content (AvgIpc) is 2.29. The predicted molar refractivity (Wildman–Crippen MR) is 59.6 cm³/mol. The minimum Gasteiger partial charge on any atom is -0.396 e. The number of aliphatic hydroxyl groups excluding tert-OH is 2. The van der Waals surface area contributed by atoms with E-state index in [-0.39, 0.29) is 6.10 Å². The van der Waals surface area contributed by atoms with Crippen LogP contribution in [0.3, 0.4) is 0 Å². The molecule has 3 heteroatoms. The molecule has 3 unspecified atom stereocenters. The van der Waals surface area contributed by atoms with Gasteiger partial charge in [0.15, 0.2) is 0 Å². The van der Waals surface area contributed by atoms with Crippen molar-refractivity contribution in [2.24, 2.45) is 5.92 Å². The third-order valence-corrected chi connectivity index (χ3v) is 3.94. The van der Waals surface area contributed by atoms with Gasteiger partial charge < -0.3 is 10.2 Å². The van der Waals surface area contributed by atoms with Crippen molar-refractivity contribution < 1.29 is 10.2 Å². The van der Waals surface area contributed by atoms with Gasteiger partial charge in [0.25, 0.3) is 0 Å². The van der Waals surface area contributed by atoms with Crippen molar-refractivity contribution in [1.82, 2.24) is 4.90 Å². The van der Waals surface area contributed by atoms with Crippen molar-refractivity contribution in [2.45, 2.75) is 50.7 Å². The number of hydrogen-bond acceptors (Lipinski definition) is 3. The second-order valence-electron chi connectivity index (χ2n) is 5.16. The van der Waals surface area contributed by atoms with Gasteiger partial charge in [-0.25, -0.2) is 0 Å². The molecule has 0 aromatic carbocycles. The van der Waals surface area contributed by atoms with Crippen LogP contribution in [0.4, 0.5) is 0 Å². The summed E-state index contributed by atoms with van der Waals surface area (Å²) in [6, 6.07) is 0.572. The molecule has 0 aromatic heterocycles. The summed E-state index contributed by atoms with van der Waals surface area (Å²) in [5.41, 5.74) is 0. The molecule has 3 atom stereocenters. The molecule has 1 saturated carbocycles. The van der Waals surface area contributed by atoms with E-state index < -0.39 is 0 Å². The fraction of sp³-hybridized carbons (Fsp3) is 1.00. The molecule has 0 aromatic rings. The van der Waals surface area contributed by atoms with Gasteiger partial charge in [-0.2, -0.15) is 0 Å². The van der Waals surface area contributed by atoms with Crippen LogP contribution in [-0.4, -0.2) is 47.0 Å². The van der Waals surface area contributed by atoms with Crippen molar-refractivity contribution in [3.8, 4) is 0 Å². The molecule has 1 saturated heterocycles. The normalized spacial score (nSPS) is 39.2. The van der Waals surface area contributed by atoms with E-state index in [2.05, 4.69) is 4.90 Å². The van der Waals surface area contributed by atoms with Gasteiger partial charge in [0.2, 0.25) is 0 Å². The summed E-state index contributed by atoms with van der Waals surface area (Å²) >= 11 is 0. The van der Waals surface area contributed by atoms with Gasteiger partial charge in [0.05, 0.1) is 6.10 Å². The smallest absolute Gasteiger partial charge is 0.0555 e. The average molecular weight is 213 g/mol. The molecule has 2 aliphatic rings. The lowest BCUT2D eigenvalue weighted by Crippen LogP contribution is -2.46. The second kappa shape index (κ2) is 5.28. The Labute approximate surface area is 92.1 Å². The largest absolute Gasteiger partial charge is 0.396 e. The Morgan fingerprint density at radius 3 is 2.73 bits per heavy atom. The first kappa shape index (κ1) is 11.4. The minimum absolute atomic E-state index is 0.0850. The summed E-state index contributed by atoms with van der Waals surface area (Å²) in [5.74, 6) is 0.470. The van der Waals surface area contributed by atoms with E-state index in [1.165, 1.54) is 19.3 Å². The number of rotatable bonds is 2. The molecule has 3 nitrogen and oxygen atoms in total. The van der Waals surface area contributed by atoms with Gasteiger partial charge in [0, 0.05) is 19.2 Å². The molecular formula is C12H23NO2. The number of aliphatic hydroxyl groups is 2. The summed E-state index contributed by atoms with van der Waals surface area (Å²) in [7, 11) is 0. The Morgan fingerprint density at radius 1 is 1.13 bits per heavy atom. The van der Waals surface area contributed by atoms with Gasteiger partial charge in [-0.15, -0.1) is 0 Å². The lowest BCUT2D eigenvalue weighted by molar-refractivity contribution is 0.0305. The van der Waals surface area contributed by atoms with Crippen molar-refractivity contribution in [1.29, 1.82) is 0 Å². The highest BCUT2D eigenvalue weighted by Gasteiger charge is 2.29. The fourth-order valence-corrected chi connectivity index (χ4v) is 3.05. The minimum atomic E-state index is -0.0850. The van der Waals surface area contributed by atoms with Crippen LogP contribution in [0.15, 0.2) is 0 Å². The molecule has 2 N–H and O–H groups in total. The monoisotopic (exact) mass is 213 g/mol. The number of nitrogens with zero attached hydrogens (tertiary/aromatic N) is 1. The van der Waals surface area contributed by atoms with E-state index in [0.717, 1.165) is 32.4 Å². The first-order chi connectivity index (χ1) is 7.29. The maximum Gasteiger partial charge on any atom is 0.0555 e. The van der Waals surface area contributed by atoms with Crippen LogP contribution in [0.5, 0.6) is 0 Å². The van der Waals surface area contributed by atoms with Gasteiger partial charge in [0.1, 0.15) is 0 Å². The molecule has 2 rings (SSSR count). The Kier molecular flexibility index (Phi) is 4.00. The summed E-state index contributed by atoms with van der Waals surface area (Å²) < 4.78 is 0. The Bertz CT molecular complexity index is 198. The Morgan fingerprint density at radius 2 is 2.00 bits per heavy atom. The van der Waals surface area contributed by atoms with E-state index in [4.69, 9.17) is 0 Å². The highest BCUT2D eigenvalue weighted by molar-refractivity contribution is 4.83. The van der Waals surface area contributed by atoms with Crippen molar-refractivity contribution >= 4 is 0 Å². The first-order valence-corrected chi connectivity index (χ1v) is 6.32. The number of likely N-dealkylation sites (tertiary alicyclic amines) is 1. The molecule has 0 bridgehead atoms.